The number of hydrogen-bond acceptors (Lipinski definition) is 4. The summed E-state index contributed by atoms with van der Waals surface area (Å²) >= 11 is 0. The molecule has 5 nitrogen and oxygen atoms in total. The van der Waals surface area contributed by atoms with Crippen molar-refractivity contribution in [1.29, 1.82) is 0 Å². The summed E-state index contributed by atoms with van der Waals surface area (Å²) in [5, 5.41) is 10.9. The summed E-state index contributed by atoms with van der Waals surface area (Å²) in [5.74, 6) is 0.645. The first-order chi connectivity index (χ1) is 12.0. The van der Waals surface area contributed by atoms with Crippen molar-refractivity contribution in [2.45, 2.75) is 38.3 Å². The Morgan fingerprint density at radius 3 is 2.44 bits per heavy atom. The minimum atomic E-state index is -1.34. The van der Waals surface area contributed by atoms with Gasteiger partial charge in [0, 0.05) is 6.54 Å². The van der Waals surface area contributed by atoms with E-state index in [1.54, 1.807) is 14.0 Å². The molecule has 1 saturated heterocycles. The third-order valence-corrected chi connectivity index (χ3v) is 4.61. The van der Waals surface area contributed by atoms with Crippen molar-refractivity contribution in [2.24, 2.45) is 0 Å². The molecule has 1 aliphatic rings. The van der Waals surface area contributed by atoms with E-state index in [-0.39, 0.29) is 12.3 Å². The van der Waals surface area contributed by atoms with Gasteiger partial charge >= 0.3 is 0 Å². The summed E-state index contributed by atoms with van der Waals surface area (Å²) < 4.78 is 11.0. The van der Waals surface area contributed by atoms with E-state index in [1.807, 2.05) is 54.6 Å². The zero-order valence-corrected chi connectivity index (χ0v) is 14.5. The first-order valence-electron chi connectivity index (χ1n) is 8.32. The Morgan fingerprint density at radius 2 is 1.80 bits per heavy atom. The average molecular weight is 341 g/mol. The van der Waals surface area contributed by atoms with Crippen LogP contribution in [0.2, 0.25) is 0 Å². The number of likely N-dealkylation sites (tertiary alicyclic amines) is 1. The molecule has 1 aliphatic heterocycles. The Kier molecular flexibility index (Phi) is 5.06. The number of aliphatic hydroxyl groups is 1. The van der Waals surface area contributed by atoms with Gasteiger partial charge in [-0.15, -0.1) is 0 Å². The largest absolute Gasteiger partial charge is 0.497 e. The molecule has 0 aromatic heterocycles. The summed E-state index contributed by atoms with van der Waals surface area (Å²) in [6.45, 7) is 2.34. The van der Waals surface area contributed by atoms with Crippen LogP contribution in [0.15, 0.2) is 54.6 Å². The number of ether oxygens (including phenoxy) is 2. The van der Waals surface area contributed by atoms with Crippen LogP contribution < -0.4 is 4.74 Å². The van der Waals surface area contributed by atoms with Crippen LogP contribution in [0.3, 0.4) is 0 Å². The quantitative estimate of drug-likeness (QED) is 0.878. The van der Waals surface area contributed by atoms with E-state index in [4.69, 9.17) is 9.47 Å². The predicted molar refractivity (Wildman–Crippen MR) is 93.8 cm³/mol. The molecule has 1 fully saturated rings. The number of carbonyl (C=O) groups excluding carboxylic acids is 1. The van der Waals surface area contributed by atoms with Crippen LogP contribution in [-0.2, 0) is 22.7 Å². The molecular weight excluding hydrogens is 318 g/mol. The van der Waals surface area contributed by atoms with Gasteiger partial charge in [0.2, 0.25) is 5.91 Å². The molecule has 0 spiro atoms. The van der Waals surface area contributed by atoms with Crippen molar-refractivity contribution in [1.82, 2.24) is 4.90 Å². The van der Waals surface area contributed by atoms with E-state index < -0.39 is 11.8 Å². The van der Waals surface area contributed by atoms with Crippen LogP contribution >= 0.6 is 0 Å². The van der Waals surface area contributed by atoms with E-state index in [2.05, 4.69) is 0 Å². The fraction of sp³-hybridized carbons (Fsp3) is 0.350. The Balaban J connectivity index is 1.67. The molecule has 3 rings (SSSR count). The highest BCUT2D eigenvalue weighted by molar-refractivity contribution is 5.80. The first kappa shape index (κ1) is 17.5. The molecule has 0 bridgehead atoms. The third kappa shape index (κ3) is 3.83. The monoisotopic (exact) mass is 341 g/mol. The molecule has 1 unspecified atom stereocenters. The number of methoxy groups -OCH3 is 1. The van der Waals surface area contributed by atoms with Crippen molar-refractivity contribution in [3.63, 3.8) is 0 Å². The van der Waals surface area contributed by atoms with Crippen molar-refractivity contribution in [2.75, 3.05) is 7.11 Å². The van der Waals surface area contributed by atoms with Crippen LogP contribution in [0.25, 0.3) is 0 Å². The second-order valence-corrected chi connectivity index (χ2v) is 6.41. The zero-order chi connectivity index (χ0) is 17.9. The lowest BCUT2D eigenvalue weighted by atomic mass is 10.1. The van der Waals surface area contributed by atoms with E-state index in [0.29, 0.717) is 13.2 Å². The molecule has 0 radical (unpaired) electrons. The fourth-order valence-corrected chi connectivity index (χ4v) is 3.04. The van der Waals surface area contributed by atoms with Gasteiger partial charge in [-0.2, -0.15) is 0 Å². The van der Waals surface area contributed by atoms with Gasteiger partial charge in [-0.1, -0.05) is 42.5 Å². The standard InChI is InChI=1S/C20H23NO4/c1-20(23)18(25-14-16-6-4-3-5-7-16)12-19(22)21(20)13-15-8-10-17(24-2)11-9-15/h3-11,18,23H,12-14H2,1-2H3/t18-,20?/m0/s1. The molecule has 1 N–H and O–H groups in total. The molecule has 2 aromatic carbocycles. The maximum atomic E-state index is 12.4. The smallest absolute Gasteiger partial charge is 0.227 e. The fourth-order valence-electron chi connectivity index (χ4n) is 3.04. The topological polar surface area (TPSA) is 59.0 Å². The van der Waals surface area contributed by atoms with Gasteiger partial charge < -0.3 is 19.5 Å². The van der Waals surface area contributed by atoms with Crippen molar-refractivity contribution < 1.29 is 19.4 Å². The van der Waals surface area contributed by atoms with E-state index in [9.17, 15) is 9.90 Å². The Hall–Kier alpha value is -2.37. The molecule has 0 aliphatic carbocycles. The predicted octanol–water partition coefficient (Wildman–Crippen LogP) is 2.72. The lowest BCUT2D eigenvalue weighted by Gasteiger charge is -2.34. The van der Waals surface area contributed by atoms with Crippen molar-refractivity contribution >= 4 is 5.91 Å². The summed E-state index contributed by atoms with van der Waals surface area (Å²) in [6.07, 6.45) is -0.380. The van der Waals surface area contributed by atoms with Crippen molar-refractivity contribution in [3.05, 3.63) is 65.7 Å². The van der Waals surface area contributed by atoms with Crippen LogP contribution in [0.5, 0.6) is 5.75 Å². The number of benzene rings is 2. The van der Waals surface area contributed by atoms with Gasteiger partial charge in [-0.25, -0.2) is 0 Å². The second-order valence-electron chi connectivity index (χ2n) is 6.41. The number of rotatable bonds is 6. The Labute approximate surface area is 147 Å². The molecule has 2 aromatic rings. The molecule has 2 atom stereocenters. The maximum Gasteiger partial charge on any atom is 0.227 e. The molecule has 1 amide bonds. The molecular formula is C20H23NO4. The molecule has 25 heavy (non-hydrogen) atoms. The first-order valence-corrected chi connectivity index (χ1v) is 8.32. The van der Waals surface area contributed by atoms with Crippen LogP contribution in [-0.4, -0.2) is 34.9 Å². The number of carbonyl (C=O) groups is 1. The SMILES string of the molecule is COc1ccc(CN2C(=O)C[C@H](OCc3ccccc3)C2(C)O)cc1. The molecule has 132 valence electrons. The summed E-state index contributed by atoms with van der Waals surface area (Å²) in [7, 11) is 1.61. The van der Waals surface area contributed by atoms with Gasteiger partial charge in [-0.3, -0.25) is 4.79 Å². The Bertz CT molecular complexity index is 712. The second kappa shape index (κ2) is 7.25. The van der Waals surface area contributed by atoms with E-state index in [1.165, 1.54) is 4.90 Å². The summed E-state index contributed by atoms with van der Waals surface area (Å²) in [6, 6.07) is 17.2. The van der Waals surface area contributed by atoms with Gasteiger partial charge in [0.25, 0.3) is 0 Å². The lowest BCUT2D eigenvalue weighted by Crippen LogP contribution is -2.49. The van der Waals surface area contributed by atoms with E-state index in [0.717, 1.165) is 16.9 Å². The van der Waals surface area contributed by atoms with Crippen LogP contribution in [0.1, 0.15) is 24.5 Å². The highest BCUT2D eigenvalue weighted by Gasteiger charge is 2.49. The maximum absolute atomic E-state index is 12.4. The minimum Gasteiger partial charge on any atom is -0.497 e. The highest BCUT2D eigenvalue weighted by atomic mass is 16.5. The average Bonchev–Trinajstić information content (AvgIpc) is 2.84. The van der Waals surface area contributed by atoms with Gasteiger partial charge in [0.1, 0.15) is 11.9 Å². The Morgan fingerprint density at radius 1 is 1.12 bits per heavy atom. The third-order valence-electron chi connectivity index (χ3n) is 4.61. The molecule has 5 heteroatoms. The normalized spacial score (nSPS) is 23.1. The van der Waals surface area contributed by atoms with E-state index >= 15 is 0 Å². The zero-order valence-electron chi connectivity index (χ0n) is 14.5. The number of amides is 1. The van der Waals surface area contributed by atoms with Crippen molar-refractivity contribution in [3.8, 4) is 5.75 Å². The minimum absolute atomic E-state index is 0.112. The highest BCUT2D eigenvalue weighted by Crippen LogP contribution is 2.32. The van der Waals surface area contributed by atoms with Gasteiger partial charge in [-0.05, 0) is 30.2 Å². The van der Waals surface area contributed by atoms with Gasteiger partial charge in [0.15, 0.2) is 5.72 Å². The number of hydrogen-bond donors (Lipinski definition) is 1. The summed E-state index contributed by atoms with van der Waals surface area (Å²) in [4.78, 5) is 13.9. The molecule has 0 saturated carbocycles. The van der Waals surface area contributed by atoms with Crippen LogP contribution in [0, 0.1) is 0 Å². The van der Waals surface area contributed by atoms with Gasteiger partial charge in [0.05, 0.1) is 20.1 Å². The summed E-state index contributed by atoms with van der Waals surface area (Å²) in [5.41, 5.74) is 0.601. The molecule has 1 heterocycles. The van der Waals surface area contributed by atoms with Crippen LogP contribution in [0.4, 0.5) is 0 Å². The number of nitrogens with zero attached hydrogens (tertiary/aromatic N) is 1. The lowest BCUT2D eigenvalue weighted by molar-refractivity contribution is -0.165.